The molecule has 0 bridgehead atoms. The van der Waals surface area contributed by atoms with Crippen LogP contribution in [0.15, 0.2) is 0 Å². The lowest BCUT2D eigenvalue weighted by molar-refractivity contribution is -0.757. The summed E-state index contributed by atoms with van der Waals surface area (Å²) in [5.41, 5.74) is 0. The monoisotopic (exact) mass is 289 g/mol. The summed E-state index contributed by atoms with van der Waals surface area (Å²) in [6.45, 7) is 0.571. The van der Waals surface area contributed by atoms with Gasteiger partial charge >= 0.3 is 0 Å². The summed E-state index contributed by atoms with van der Waals surface area (Å²) in [6.07, 6.45) is 15.4. The third-order valence-corrected chi connectivity index (χ3v) is 3.50. The quantitative estimate of drug-likeness (QED) is 0.262. The first-order valence-electron chi connectivity index (χ1n) is 8.15. The van der Waals surface area contributed by atoms with Crippen LogP contribution in [0.5, 0.6) is 0 Å². The van der Waals surface area contributed by atoms with Crippen molar-refractivity contribution in [2.45, 2.75) is 83.5 Å². The summed E-state index contributed by atoms with van der Waals surface area (Å²) in [7, 11) is 0. The minimum absolute atomic E-state index is 0.239. The maximum absolute atomic E-state index is 9.91. The number of hydrogen-bond acceptors (Lipinski definition) is 4. The summed E-state index contributed by atoms with van der Waals surface area (Å²) >= 11 is 0. The number of unbranched alkanes of at least 4 members (excludes halogenated alkanes) is 12. The van der Waals surface area contributed by atoms with Gasteiger partial charge in [0.15, 0.2) is 0 Å². The Kier molecular flexibility index (Phi) is 15.5. The molecule has 1 N–H and O–H groups in total. The minimum Gasteiger partial charge on any atom is -0.396 e. The molecule has 0 amide bonds. The summed E-state index contributed by atoms with van der Waals surface area (Å²) in [6, 6.07) is 0. The van der Waals surface area contributed by atoms with Gasteiger partial charge in [-0.3, -0.25) is 0 Å². The first-order valence-corrected chi connectivity index (χ1v) is 8.15. The lowest BCUT2D eigenvalue weighted by Gasteiger charge is -2.03. The molecule has 0 radical (unpaired) electrons. The molecule has 120 valence electrons. The number of aliphatic hydroxyl groups excluding tert-OH is 1. The van der Waals surface area contributed by atoms with Crippen molar-refractivity contribution in [2.24, 2.45) is 0 Å². The van der Waals surface area contributed by atoms with Gasteiger partial charge in [0, 0.05) is 6.61 Å². The van der Waals surface area contributed by atoms with Crippen LogP contribution in [0.2, 0.25) is 0 Å². The van der Waals surface area contributed by atoms with E-state index in [9.17, 15) is 10.1 Å². The normalized spacial score (nSPS) is 10.7. The van der Waals surface area contributed by atoms with E-state index in [1.54, 1.807) is 0 Å². The third kappa shape index (κ3) is 17.2. The largest absolute Gasteiger partial charge is 0.396 e. The lowest BCUT2D eigenvalue weighted by atomic mass is 10.0. The molecule has 0 aromatic rings. The van der Waals surface area contributed by atoms with E-state index < -0.39 is 5.09 Å². The summed E-state index contributed by atoms with van der Waals surface area (Å²) in [5.74, 6) is 0. The smallest absolute Gasteiger partial charge is 0.294 e. The van der Waals surface area contributed by atoms with Crippen LogP contribution >= 0.6 is 0 Å². The second-order valence-corrected chi connectivity index (χ2v) is 5.38. The van der Waals surface area contributed by atoms with Gasteiger partial charge in [0.05, 0.1) is 6.61 Å². The van der Waals surface area contributed by atoms with Gasteiger partial charge in [-0.05, 0) is 12.8 Å². The average Bonchev–Trinajstić information content (AvgIpc) is 2.43. The molecule has 5 nitrogen and oxygen atoms in total. The Labute approximate surface area is 122 Å². The van der Waals surface area contributed by atoms with Crippen molar-refractivity contribution < 1.29 is 15.0 Å². The molecule has 0 aliphatic carbocycles. The lowest BCUT2D eigenvalue weighted by Crippen LogP contribution is -2.01. The van der Waals surface area contributed by atoms with Gasteiger partial charge in [-0.15, -0.1) is 10.1 Å². The van der Waals surface area contributed by atoms with E-state index in [1.807, 2.05) is 0 Å². The molecule has 20 heavy (non-hydrogen) atoms. The predicted octanol–water partition coefficient (Wildman–Crippen LogP) is 4.26. The zero-order valence-electron chi connectivity index (χ0n) is 12.7. The highest BCUT2D eigenvalue weighted by Gasteiger charge is 1.96. The van der Waals surface area contributed by atoms with Crippen LogP contribution in [-0.2, 0) is 4.84 Å². The van der Waals surface area contributed by atoms with Crippen molar-refractivity contribution in [3.05, 3.63) is 10.1 Å². The Morgan fingerprint density at radius 2 is 1.05 bits per heavy atom. The zero-order valence-corrected chi connectivity index (χ0v) is 12.7. The molecular formula is C15H31NO4. The molecule has 0 rings (SSSR count). The second kappa shape index (κ2) is 16.2. The van der Waals surface area contributed by atoms with Gasteiger partial charge in [0.25, 0.3) is 5.09 Å². The van der Waals surface area contributed by atoms with Crippen molar-refractivity contribution in [2.75, 3.05) is 13.2 Å². The summed E-state index contributed by atoms with van der Waals surface area (Å²) in [4.78, 5) is 14.2. The van der Waals surface area contributed by atoms with Gasteiger partial charge in [0.2, 0.25) is 0 Å². The molecule has 0 spiro atoms. The first kappa shape index (κ1) is 19.2. The van der Waals surface area contributed by atoms with Gasteiger partial charge in [-0.25, -0.2) is 0 Å². The zero-order chi connectivity index (χ0) is 14.9. The standard InChI is InChI=1S/C15H31NO4/c17-14-12-10-8-6-4-2-1-3-5-7-9-11-13-15-20-16(18)19/h17H,1-15H2. The molecule has 0 aliphatic rings. The Hall–Kier alpha value is -0.840. The molecule has 5 heteroatoms. The molecule has 0 aromatic heterocycles. The highest BCUT2D eigenvalue weighted by molar-refractivity contribution is 4.49. The van der Waals surface area contributed by atoms with E-state index in [2.05, 4.69) is 4.84 Å². The Balaban J connectivity index is 2.94. The molecule has 0 saturated heterocycles. The van der Waals surface area contributed by atoms with Crippen LogP contribution in [0, 0.1) is 10.1 Å². The molecule has 0 aromatic carbocycles. The molecular weight excluding hydrogens is 258 g/mol. The van der Waals surface area contributed by atoms with Gasteiger partial charge < -0.3 is 9.94 Å². The van der Waals surface area contributed by atoms with Crippen LogP contribution in [0.25, 0.3) is 0 Å². The third-order valence-electron chi connectivity index (χ3n) is 3.50. The molecule has 0 fully saturated rings. The van der Waals surface area contributed by atoms with Crippen molar-refractivity contribution >= 4 is 0 Å². The second-order valence-electron chi connectivity index (χ2n) is 5.38. The van der Waals surface area contributed by atoms with Crippen molar-refractivity contribution in [3.8, 4) is 0 Å². The van der Waals surface area contributed by atoms with Crippen LogP contribution in [0.1, 0.15) is 83.5 Å². The average molecular weight is 289 g/mol. The Morgan fingerprint density at radius 1 is 0.700 bits per heavy atom. The van der Waals surface area contributed by atoms with Crippen molar-refractivity contribution in [1.82, 2.24) is 0 Å². The van der Waals surface area contributed by atoms with E-state index in [4.69, 9.17) is 5.11 Å². The number of aliphatic hydroxyl groups is 1. The van der Waals surface area contributed by atoms with Crippen LogP contribution in [0.4, 0.5) is 0 Å². The number of hydrogen-bond donors (Lipinski definition) is 1. The van der Waals surface area contributed by atoms with Gasteiger partial charge in [-0.2, -0.15) is 0 Å². The maximum atomic E-state index is 9.91. The molecule has 0 atom stereocenters. The fourth-order valence-electron chi connectivity index (χ4n) is 2.30. The predicted molar refractivity (Wildman–Crippen MR) is 80.1 cm³/mol. The van der Waals surface area contributed by atoms with E-state index in [0.717, 1.165) is 32.1 Å². The highest BCUT2D eigenvalue weighted by Crippen LogP contribution is 2.12. The fourth-order valence-corrected chi connectivity index (χ4v) is 2.30. The van der Waals surface area contributed by atoms with Gasteiger partial charge in [0.1, 0.15) is 0 Å². The van der Waals surface area contributed by atoms with Crippen molar-refractivity contribution in [1.29, 1.82) is 0 Å². The topological polar surface area (TPSA) is 72.6 Å². The minimum atomic E-state index is -0.718. The van der Waals surface area contributed by atoms with Crippen molar-refractivity contribution in [3.63, 3.8) is 0 Å². The highest BCUT2D eigenvalue weighted by atomic mass is 16.9. The number of nitrogens with zero attached hydrogens (tertiary/aromatic N) is 1. The number of rotatable bonds is 16. The molecule has 0 aliphatic heterocycles. The van der Waals surface area contributed by atoms with E-state index in [0.29, 0.717) is 6.61 Å². The molecule has 0 heterocycles. The molecule has 0 unspecified atom stereocenters. The first-order chi connectivity index (χ1) is 9.77. The fraction of sp³-hybridized carbons (Fsp3) is 1.00. The van der Waals surface area contributed by atoms with Crippen LogP contribution < -0.4 is 0 Å². The van der Waals surface area contributed by atoms with Gasteiger partial charge in [-0.1, -0.05) is 70.6 Å². The molecule has 0 saturated carbocycles. The van der Waals surface area contributed by atoms with Crippen LogP contribution in [0.3, 0.4) is 0 Å². The Morgan fingerprint density at radius 3 is 1.40 bits per heavy atom. The summed E-state index contributed by atoms with van der Waals surface area (Å²) in [5, 5.41) is 17.8. The van der Waals surface area contributed by atoms with Crippen LogP contribution in [-0.4, -0.2) is 23.4 Å². The maximum Gasteiger partial charge on any atom is 0.294 e. The van der Waals surface area contributed by atoms with E-state index >= 15 is 0 Å². The summed E-state index contributed by atoms with van der Waals surface area (Å²) < 4.78 is 0. The van der Waals surface area contributed by atoms with E-state index in [1.165, 1.54) is 51.4 Å². The Bertz CT molecular complexity index is 212. The SMILES string of the molecule is O=[N+]([O-])OCCCCCCCCCCCCCCCO. The van der Waals surface area contributed by atoms with E-state index in [-0.39, 0.29) is 6.61 Å².